The van der Waals surface area contributed by atoms with Crippen LogP contribution in [-0.4, -0.2) is 21.4 Å². The number of anilines is 1. The quantitative estimate of drug-likeness (QED) is 0.562. The third-order valence-corrected chi connectivity index (χ3v) is 2.81. The monoisotopic (exact) mass is 263 g/mol. The van der Waals surface area contributed by atoms with Gasteiger partial charge < -0.3 is 0 Å². The van der Waals surface area contributed by atoms with Crippen molar-refractivity contribution in [1.82, 2.24) is 15.2 Å². The standard InChI is InChI=1S/C15H13N5/c1-2-4-12(5-3-1)15-13(11-18-20-15)10-17-19-14-6-8-16-9-7-14/h1-11H,(H,16,19)(H,18,20). The van der Waals surface area contributed by atoms with Crippen LogP contribution in [-0.2, 0) is 0 Å². The summed E-state index contributed by atoms with van der Waals surface area (Å²) in [4.78, 5) is 3.95. The van der Waals surface area contributed by atoms with Gasteiger partial charge in [-0.05, 0) is 12.1 Å². The second kappa shape index (κ2) is 5.79. The molecule has 0 aliphatic heterocycles. The summed E-state index contributed by atoms with van der Waals surface area (Å²) in [5.41, 5.74) is 6.80. The van der Waals surface area contributed by atoms with Gasteiger partial charge in [0, 0.05) is 23.5 Å². The Labute approximate surface area is 116 Å². The van der Waals surface area contributed by atoms with Crippen molar-refractivity contribution in [2.24, 2.45) is 5.10 Å². The zero-order valence-electron chi connectivity index (χ0n) is 10.7. The second-order valence-electron chi connectivity index (χ2n) is 4.17. The maximum Gasteiger partial charge on any atom is 0.0738 e. The molecular formula is C15H13N5. The predicted octanol–water partition coefficient (Wildman–Crippen LogP) is 2.92. The number of aromatic amines is 1. The van der Waals surface area contributed by atoms with Crippen LogP contribution in [0.2, 0.25) is 0 Å². The lowest BCUT2D eigenvalue weighted by molar-refractivity contribution is 1.10. The van der Waals surface area contributed by atoms with Crippen molar-refractivity contribution in [3.63, 3.8) is 0 Å². The number of H-pyrrole nitrogens is 1. The maximum absolute atomic E-state index is 4.21. The molecule has 0 radical (unpaired) electrons. The molecule has 2 N–H and O–H groups in total. The second-order valence-corrected chi connectivity index (χ2v) is 4.17. The number of hydrazone groups is 1. The van der Waals surface area contributed by atoms with Gasteiger partial charge in [-0.15, -0.1) is 0 Å². The van der Waals surface area contributed by atoms with Crippen molar-refractivity contribution in [1.29, 1.82) is 0 Å². The van der Waals surface area contributed by atoms with Crippen LogP contribution in [0.25, 0.3) is 11.3 Å². The number of hydrogen-bond acceptors (Lipinski definition) is 4. The molecule has 0 bridgehead atoms. The van der Waals surface area contributed by atoms with Crippen molar-refractivity contribution in [3.05, 3.63) is 66.6 Å². The van der Waals surface area contributed by atoms with E-state index in [1.807, 2.05) is 42.5 Å². The average molecular weight is 263 g/mol. The fourth-order valence-electron chi connectivity index (χ4n) is 1.83. The van der Waals surface area contributed by atoms with E-state index in [1.54, 1.807) is 24.8 Å². The Morgan fingerprint density at radius 1 is 1.05 bits per heavy atom. The molecule has 98 valence electrons. The van der Waals surface area contributed by atoms with Gasteiger partial charge >= 0.3 is 0 Å². The fourth-order valence-corrected chi connectivity index (χ4v) is 1.83. The first kappa shape index (κ1) is 12.1. The number of pyridine rings is 1. The zero-order chi connectivity index (χ0) is 13.6. The van der Waals surface area contributed by atoms with Crippen molar-refractivity contribution in [2.45, 2.75) is 0 Å². The first-order valence-corrected chi connectivity index (χ1v) is 6.21. The molecule has 0 atom stereocenters. The van der Waals surface area contributed by atoms with Crippen molar-refractivity contribution in [2.75, 3.05) is 5.43 Å². The van der Waals surface area contributed by atoms with Crippen LogP contribution < -0.4 is 5.43 Å². The molecule has 0 amide bonds. The molecule has 0 unspecified atom stereocenters. The van der Waals surface area contributed by atoms with E-state index in [2.05, 4.69) is 25.7 Å². The highest BCUT2D eigenvalue weighted by atomic mass is 15.3. The number of aromatic nitrogens is 3. The Hall–Kier alpha value is -2.95. The lowest BCUT2D eigenvalue weighted by Gasteiger charge is -2.00. The maximum atomic E-state index is 4.21. The molecule has 0 aliphatic rings. The molecule has 1 aromatic carbocycles. The summed E-state index contributed by atoms with van der Waals surface area (Å²) in [6.07, 6.45) is 6.92. The SMILES string of the molecule is C(=NNc1ccncc1)c1cn[nH]c1-c1ccccc1. The van der Waals surface area contributed by atoms with Gasteiger partial charge in [0.2, 0.25) is 0 Å². The van der Waals surface area contributed by atoms with E-state index in [0.717, 1.165) is 22.5 Å². The molecule has 5 nitrogen and oxygen atoms in total. The van der Waals surface area contributed by atoms with Crippen LogP contribution in [0.15, 0.2) is 66.2 Å². The highest BCUT2D eigenvalue weighted by Crippen LogP contribution is 2.19. The van der Waals surface area contributed by atoms with E-state index in [9.17, 15) is 0 Å². The summed E-state index contributed by atoms with van der Waals surface area (Å²) in [5, 5.41) is 11.3. The Bertz CT molecular complexity index is 689. The molecule has 0 fully saturated rings. The van der Waals surface area contributed by atoms with E-state index in [0.29, 0.717) is 0 Å². The molecule has 2 heterocycles. The Morgan fingerprint density at radius 3 is 2.65 bits per heavy atom. The zero-order valence-corrected chi connectivity index (χ0v) is 10.7. The minimum Gasteiger partial charge on any atom is -0.278 e. The molecule has 0 spiro atoms. The number of nitrogens with zero attached hydrogens (tertiary/aromatic N) is 3. The van der Waals surface area contributed by atoms with E-state index in [1.165, 1.54) is 0 Å². The molecule has 5 heteroatoms. The largest absolute Gasteiger partial charge is 0.278 e. The topological polar surface area (TPSA) is 66.0 Å². The van der Waals surface area contributed by atoms with Gasteiger partial charge in [-0.2, -0.15) is 10.2 Å². The Morgan fingerprint density at radius 2 is 1.85 bits per heavy atom. The van der Waals surface area contributed by atoms with E-state index in [4.69, 9.17) is 0 Å². The number of nitrogens with one attached hydrogen (secondary N) is 2. The molecular weight excluding hydrogens is 250 g/mol. The first-order chi connectivity index (χ1) is 9.93. The molecule has 3 rings (SSSR count). The summed E-state index contributed by atoms with van der Waals surface area (Å²) in [5.74, 6) is 0. The normalized spacial score (nSPS) is 10.8. The molecule has 0 aliphatic carbocycles. The summed E-state index contributed by atoms with van der Waals surface area (Å²) >= 11 is 0. The minimum atomic E-state index is 0.890. The van der Waals surface area contributed by atoms with E-state index >= 15 is 0 Å². The van der Waals surface area contributed by atoms with Crippen LogP contribution in [0.5, 0.6) is 0 Å². The molecule has 0 saturated carbocycles. The molecule has 3 aromatic rings. The van der Waals surface area contributed by atoms with Gasteiger partial charge in [0.1, 0.15) is 0 Å². The van der Waals surface area contributed by atoms with Gasteiger partial charge in [-0.25, -0.2) is 0 Å². The fraction of sp³-hybridized carbons (Fsp3) is 0. The molecule has 20 heavy (non-hydrogen) atoms. The predicted molar refractivity (Wildman–Crippen MR) is 79.5 cm³/mol. The minimum absolute atomic E-state index is 0.890. The van der Waals surface area contributed by atoms with Gasteiger partial charge in [0.05, 0.1) is 23.8 Å². The van der Waals surface area contributed by atoms with Crippen LogP contribution in [0.1, 0.15) is 5.56 Å². The third-order valence-electron chi connectivity index (χ3n) is 2.81. The van der Waals surface area contributed by atoms with E-state index < -0.39 is 0 Å². The lowest BCUT2D eigenvalue weighted by atomic mass is 10.1. The highest BCUT2D eigenvalue weighted by Gasteiger charge is 2.04. The van der Waals surface area contributed by atoms with Crippen molar-refractivity contribution < 1.29 is 0 Å². The average Bonchev–Trinajstić information content (AvgIpc) is 2.98. The summed E-state index contributed by atoms with van der Waals surface area (Å²) in [6.45, 7) is 0. The number of benzene rings is 1. The van der Waals surface area contributed by atoms with Gasteiger partial charge in [0.15, 0.2) is 0 Å². The van der Waals surface area contributed by atoms with Crippen LogP contribution in [0.3, 0.4) is 0 Å². The Balaban J connectivity index is 1.77. The van der Waals surface area contributed by atoms with Crippen LogP contribution >= 0.6 is 0 Å². The van der Waals surface area contributed by atoms with Crippen molar-refractivity contribution in [3.8, 4) is 11.3 Å². The number of rotatable bonds is 4. The summed E-state index contributed by atoms with van der Waals surface area (Å²) in [7, 11) is 0. The third kappa shape index (κ3) is 2.72. The van der Waals surface area contributed by atoms with Gasteiger partial charge in [-0.3, -0.25) is 15.5 Å². The van der Waals surface area contributed by atoms with Crippen LogP contribution in [0.4, 0.5) is 5.69 Å². The van der Waals surface area contributed by atoms with Crippen molar-refractivity contribution >= 4 is 11.9 Å². The summed E-state index contributed by atoms with van der Waals surface area (Å²) in [6, 6.07) is 13.7. The molecule has 2 aromatic heterocycles. The Kier molecular flexibility index (Phi) is 3.51. The highest BCUT2D eigenvalue weighted by molar-refractivity contribution is 5.88. The molecule has 0 saturated heterocycles. The van der Waals surface area contributed by atoms with Gasteiger partial charge in [0.25, 0.3) is 0 Å². The van der Waals surface area contributed by atoms with E-state index in [-0.39, 0.29) is 0 Å². The van der Waals surface area contributed by atoms with Gasteiger partial charge in [-0.1, -0.05) is 30.3 Å². The smallest absolute Gasteiger partial charge is 0.0738 e. The summed E-state index contributed by atoms with van der Waals surface area (Å²) < 4.78 is 0. The lowest BCUT2D eigenvalue weighted by Crippen LogP contribution is -1.91. The van der Waals surface area contributed by atoms with Crippen LogP contribution in [0, 0.1) is 0 Å². The first-order valence-electron chi connectivity index (χ1n) is 6.21. The number of hydrogen-bond donors (Lipinski definition) is 2.